The molecule has 0 aliphatic carbocycles. The molecule has 2 aromatic carbocycles. The third-order valence-corrected chi connectivity index (χ3v) is 6.21. The number of carboxylic acid groups (broad SMARTS) is 1. The Hall–Kier alpha value is -1.96. The number of amides is 1. The van der Waals surface area contributed by atoms with Crippen molar-refractivity contribution in [1.82, 2.24) is 0 Å². The van der Waals surface area contributed by atoms with Crippen molar-refractivity contribution in [2.75, 3.05) is 12.4 Å². The lowest BCUT2D eigenvalue weighted by Gasteiger charge is -2.12. The average Bonchev–Trinajstić information content (AvgIpc) is 3.09. The van der Waals surface area contributed by atoms with Gasteiger partial charge in [0.1, 0.15) is 15.6 Å². The molecule has 1 aromatic heterocycles. The monoisotopic (exact) mass is 489 g/mol. The van der Waals surface area contributed by atoms with Gasteiger partial charge in [-0.25, -0.2) is 4.79 Å². The van der Waals surface area contributed by atoms with Gasteiger partial charge in [-0.15, -0.1) is 11.3 Å². The summed E-state index contributed by atoms with van der Waals surface area (Å²) in [6.45, 7) is 0. The van der Waals surface area contributed by atoms with Crippen LogP contribution in [0.2, 0.25) is 20.1 Å². The van der Waals surface area contributed by atoms with Gasteiger partial charge < -0.3 is 15.2 Å². The number of anilines is 1. The second-order valence-electron chi connectivity index (χ2n) is 5.69. The van der Waals surface area contributed by atoms with Crippen molar-refractivity contribution in [3.05, 3.63) is 66.9 Å². The van der Waals surface area contributed by atoms with Crippen LogP contribution in [0, 0.1) is 0 Å². The van der Waals surface area contributed by atoms with E-state index in [9.17, 15) is 14.7 Å². The maximum Gasteiger partial charge on any atom is 0.339 e. The molecule has 3 rings (SSSR count). The summed E-state index contributed by atoms with van der Waals surface area (Å²) in [5.41, 5.74) is 0.972. The van der Waals surface area contributed by atoms with Crippen molar-refractivity contribution >= 4 is 74.6 Å². The van der Waals surface area contributed by atoms with E-state index in [1.54, 1.807) is 29.6 Å². The smallest absolute Gasteiger partial charge is 0.339 e. The van der Waals surface area contributed by atoms with Crippen LogP contribution in [0.3, 0.4) is 0 Å². The van der Waals surface area contributed by atoms with Crippen LogP contribution in [0.1, 0.15) is 20.7 Å². The number of benzene rings is 2. The Kier molecular flexibility index (Phi) is 6.61. The van der Waals surface area contributed by atoms with Gasteiger partial charge in [-0.2, -0.15) is 0 Å². The average molecular weight is 491 g/mol. The zero-order valence-electron chi connectivity index (χ0n) is 14.6. The third-order valence-electron chi connectivity index (χ3n) is 3.93. The van der Waals surface area contributed by atoms with Gasteiger partial charge in [0.2, 0.25) is 0 Å². The van der Waals surface area contributed by atoms with Crippen LogP contribution in [0.5, 0.6) is 5.75 Å². The summed E-state index contributed by atoms with van der Waals surface area (Å²) in [7, 11) is 1.34. The Balaban J connectivity index is 2.03. The van der Waals surface area contributed by atoms with Gasteiger partial charge in [-0.1, -0.05) is 58.5 Å². The molecule has 3 aromatic rings. The molecule has 29 heavy (non-hydrogen) atoms. The summed E-state index contributed by atoms with van der Waals surface area (Å²) >= 11 is 25.4. The van der Waals surface area contributed by atoms with Gasteiger partial charge in [-0.05, 0) is 23.8 Å². The van der Waals surface area contributed by atoms with Crippen LogP contribution in [-0.2, 0) is 0 Å². The van der Waals surface area contributed by atoms with Crippen molar-refractivity contribution in [1.29, 1.82) is 0 Å². The van der Waals surface area contributed by atoms with Crippen molar-refractivity contribution in [2.45, 2.75) is 0 Å². The number of hydrogen-bond donors (Lipinski definition) is 2. The van der Waals surface area contributed by atoms with Crippen molar-refractivity contribution in [3.63, 3.8) is 0 Å². The number of carboxylic acids is 1. The number of ether oxygens (including phenoxy) is 1. The molecule has 0 bridgehead atoms. The molecule has 0 saturated carbocycles. The number of halogens is 4. The van der Waals surface area contributed by atoms with Gasteiger partial charge in [-0.3, -0.25) is 4.79 Å². The second kappa shape index (κ2) is 8.81. The van der Waals surface area contributed by atoms with Crippen LogP contribution in [0.25, 0.3) is 11.1 Å². The Labute approximate surface area is 189 Å². The summed E-state index contributed by atoms with van der Waals surface area (Å²) in [6.07, 6.45) is 0. The maximum atomic E-state index is 12.8. The predicted octanol–water partition coefficient (Wildman–Crippen LogP) is 6.99. The van der Waals surface area contributed by atoms with E-state index >= 15 is 0 Å². The van der Waals surface area contributed by atoms with Crippen LogP contribution in [0.4, 0.5) is 5.00 Å². The lowest BCUT2D eigenvalue weighted by molar-refractivity contribution is 0.0699. The molecule has 0 aliphatic heterocycles. The first-order valence-corrected chi connectivity index (χ1v) is 10.3. The number of carbonyl (C=O) groups is 2. The molecule has 0 unspecified atom stereocenters. The van der Waals surface area contributed by atoms with Crippen LogP contribution in [0.15, 0.2) is 35.7 Å². The van der Waals surface area contributed by atoms with Gasteiger partial charge in [0, 0.05) is 16.0 Å². The van der Waals surface area contributed by atoms with E-state index in [4.69, 9.17) is 51.1 Å². The molecule has 0 fully saturated rings. The summed E-state index contributed by atoms with van der Waals surface area (Å²) in [4.78, 5) is 24.7. The Morgan fingerprint density at radius 2 is 1.83 bits per heavy atom. The van der Waals surface area contributed by atoms with Crippen molar-refractivity contribution in [3.8, 4) is 16.9 Å². The first-order chi connectivity index (χ1) is 13.7. The summed E-state index contributed by atoms with van der Waals surface area (Å²) in [5, 5.41) is 14.6. The van der Waals surface area contributed by atoms with E-state index in [2.05, 4.69) is 5.32 Å². The zero-order chi connectivity index (χ0) is 21.3. The minimum atomic E-state index is -1.20. The second-order valence-corrected chi connectivity index (χ2v) is 8.17. The van der Waals surface area contributed by atoms with E-state index < -0.39 is 11.9 Å². The maximum absolute atomic E-state index is 12.8. The van der Waals surface area contributed by atoms with Crippen LogP contribution in [-0.4, -0.2) is 24.1 Å². The van der Waals surface area contributed by atoms with Gasteiger partial charge >= 0.3 is 5.97 Å². The summed E-state index contributed by atoms with van der Waals surface area (Å²) < 4.78 is 5.10. The number of thiophene rings is 1. The molecule has 150 valence electrons. The molecule has 0 spiro atoms. The zero-order valence-corrected chi connectivity index (χ0v) is 18.4. The third kappa shape index (κ3) is 4.32. The topological polar surface area (TPSA) is 75.6 Å². The van der Waals surface area contributed by atoms with E-state index in [0.717, 1.165) is 11.3 Å². The van der Waals surface area contributed by atoms with Gasteiger partial charge in [0.15, 0.2) is 5.75 Å². The summed E-state index contributed by atoms with van der Waals surface area (Å²) in [6, 6.07) is 8.05. The number of nitrogens with one attached hydrogen (secondary N) is 1. The molecule has 10 heteroatoms. The first-order valence-electron chi connectivity index (χ1n) is 7.88. The van der Waals surface area contributed by atoms with E-state index in [1.807, 2.05) is 0 Å². The molecule has 1 heterocycles. The fraction of sp³-hybridized carbons (Fsp3) is 0.0526. The predicted molar refractivity (Wildman–Crippen MR) is 118 cm³/mol. The Morgan fingerprint density at radius 1 is 1.10 bits per heavy atom. The molecule has 0 atom stereocenters. The number of methoxy groups -OCH3 is 1. The fourth-order valence-electron chi connectivity index (χ4n) is 2.63. The molecule has 1 amide bonds. The SMILES string of the molecule is COc1c(Cl)c(Cl)cc(C(=O)Nc2scc(-c3cccc(Cl)c3)c2C(=O)O)c1Cl. The van der Waals surface area contributed by atoms with Crippen molar-refractivity contribution < 1.29 is 19.4 Å². The molecular formula is C19H11Cl4NO4S. The number of hydrogen-bond acceptors (Lipinski definition) is 4. The standard InChI is InChI=1S/C19H11Cl4NO4S/c1-28-16-14(22)10(6-12(21)15(16)23)17(25)24-18-13(19(26)27)11(7-29-18)8-3-2-4-9(20)5-8/h2-7H,1H3,(H,24,25)(H,26,27). The molecule has 0 aliphatic rings. The Morgan fingerprint density at radius 3 is 2.45 bits per heavy atom. The highest BCUT2D eigenvalue weighted by atomic mass is 35.5. The number of aromatic carboxylic acids is 1. The van der Waals surface area contributed by atoms with E-state index in [-0.39, 0.29) is 36.9 Å². The lowest BCUT2D eigenvalue weighted by atomic mass is 10.0. The van der Waals surface area contributed by atoms with Crippen LogP contribution < -0.4 is 10.1 Å². The Bertz CT molecular complexity index is 1130. The number of carbonyl (C=O) groups excluding carboxylic acids is 1. The summed E-state index contributed by atoms with van der Waals surface area (Å²) in [5.74, 6) is -1.81. The highest BCUT2D eigenvalue weighted by Crippen LogP contribution is 2.41. The lowest BCUT2D eigenvalue weighted by Crippen LogP contribution is -2.14. The minimum Gasteiger partial charge on any atom is -0.494 e. The molecule has 0 saturated heterocycles. The van der Waals surface area contributed by atoms with Crippen LogP contribution >= 0.6 is 57.7 Å². The normalized spacial score (nSPS) is 10.7. The van der Waals surface area contributed by atoms with E-state index in [1.165, 1.54) is 13.2 Å². The highest BCUT2D eigenvalue weighted by molar-refractivity contribution is 7.15. The molecule has 2 N–H and O–H groups in total. The number of rotatable bonds is 5. The van der Waals surface area contributed by atoms with Gasteiger partial charge in [0.25, 0.3) is 5.91 Å². The van der Waals surface area contributed by atoms with Gasteiger partial charge in [0.05, 0.1) is 22.7 Å². The molecular weight excluding hydrogens is 480 g/mol. The highest BCUT2D eigenvalue weighted by Gasteiger charge is 2.24. The largest absolute Gasteiger partial charge is 0.494 e. The fourth-order valence-corrected chi connectivity index (χ4v) is 4.55. The molecule has 5 nitrogen and oxygen atoms in total. The van der Waals surface area contributed by atoms with E-state index in [0.29, 0.717) is 16.1 Å². The molecule has 0 radical (unpaired) electrons. The van der Waals surface area contributed by atoms with Crippen molar-refractivity contribution in [2.24, 2.45) is 0 Å². The quantitative estimate of drug-likeness (QED) is 0.378. The first kappa shape index (κ1) is 21.7. The minimum absolute atomic E-state index is 0.00744.